The molecule has 3 aromatic rings. The zero-order valence-corrected chi connectivity index (χ0v) is 12.0. The van der Waals surface area contributed by atoms with Crippen LogP contribution in [-0.2, 0) is 9.47 Å². The summed E-state index contributed by atoms with van der Waals surface area (Å²) in [7, 11) is 0. The number of aromatic nitrogens is 2. The number of hydrogen-bond acceptors (Lipinski definition) is 3. The van der Waals surface area contributed by atoms with Gasteiger partial charge in [-0.3, -0.25) is 0 Å². The van der Waals surface area contributed by atoms with Crippen LogP contribution in [0.1, 0.15) is 31.6 Å². The number of para-hydroxylation sites is 2. The highest BCUT2D eigenvalue weighted by Crippen LogP contribution is 2.35. The second-order valence-corrected chi connectivity index (χ2v) is 5.34. The number of nitrogens with zero attached hydrogens (tertiary/aromatic N) is 2. The summed E-state index contributed by atoms with van der Waals surface area (Å²) in [5.41, 5.74) is 4.26. The fourth-order valence-corrected chi connectivity index (χ4v) is 3.10. The monoisotopic (exact) mass is 282 g/mol. The van der Waals surface area contributed by atoms with E-state index in [0.29, 0.717) is 6.61 Å². The van der Waals surface area contributed by atoms with Crippen molar-refractivity contribution in [3.63, 3.8) is 0 Å². The van der Waals surface area contributed by atoms with Crippen LogP contribution in [0.5, 0.6) is 0 Å². The summed E-state index contributed by atoms with van der Waals surface area (Å²) < 4.78 is 13.8. The van der Waals surface area contributed by atoms with Gasteiger partial charge in [0.1, 0.15) is 6.10 Å². The van der Waals surface area contributed by atoms with Gasteiger partial charge in [0.15, 0.2) is 6.29 Å². The van der Waals surface area contributed by atoms with E-state index < -0.39 is 0 Å². The Balaban J connectivity index is 1.82. The highest BCUT2D eigenvalue weighted by molar-refractivity contribution is 5.79. The summed E-state index contributed by atoms with van der Waals surface area (Å²) in [6.07, 6.45) is 3.89. The third kappa shape index (κ3) is 2.11. The molecule has 2 aromatic heterocycles. The lowest BCUT2D eigenvalue weighted by atomic mass is 10.1. The van der Waals surface area contributed by atoms with E-state index in [2.05, 4.69) is 28.8 Å². The normalized spacial score (nSPS) is 22.3. The fraction of sp³-hybridized carbons (Fsp3) is 0.353. The van der Waals surface area contributed by atoms with E-state index in [1.165, 1.54) is 0 Å². The van der Waals surface area contributed by atoms with E-state index in [-0.39, 0.29) is 12.4 Å². The molecular formula is C17H18N2O2. The van der Waals surface area contributed by atoms with Crippen molar-refractivity contribution < 1.29 is 9.47 Å². The zero-order chi connectivity index (χ0) is 14.2. The molecular weight excluding hydrogens is 264 g/mol. The van der Waals surface area contributed by atoms with Gasteiger partial charge in [0.05, 0.1) is 22.2 Å². The summed E-state index contributed by atoms with van der Waals surface area (Å²) in [5, 5.41) is 0. The predicted molar refractivity (Wildman–Crippen MR) is 81.2 cm³/mol. The molecule has 1 aromatic carbocycles. The predicted octanol–water partition coefficient (Wildman–Crippen LogP) is 3.70. The van der Waals surface area contributed by atoms with Gasteiger partial charge in [0, 0.05) is 19.2 Å². The van der Waals surface area contributed by atoms with Gasteiger partial charge in [-0.05, 0) is 37.6 Å². The molecule has 1 aliphatic rings. The van der Waals surface area contributed by atoms with Crippen LogP contribution in [0.15, 0.2) is 42.6 Å². The minimum atomic E-state index is -0.0942. The largest absolute Gasteiger partial charge is 0.353 e. The molecule has 3 heterocycles. The topological polar surface area (TPSA) is 35.8 Å². The average molecular weight is 282 g/mol. The molecule has 1 fully saturated rings. The molecule has 0 amide bonds. The lowest BCUT2D eigenvalue weighted by molar-refractivity contribution is -0.131. The van der Waals surface area contributed by atoms with Crippen molar-refractivity contribution in [1.29, 1.82) is 0 Å². The van der Waals surface area contributed by atoms with Gasteiger partial charge in [-0.1, -0.05) is 12.1 Å². The molecule has 108 valence electrons. The highest BCUT2D eigenvalue weighted by atomic mass is 16.7. The Morgan fingerprint density at radius 1 is 1.19 bits per heavy atom. The molecule has 1 saturated heterocycles. The van der Waals surface area contributed by atoms with Gasteiger partial charge in [-0.25, -0.2) is 4.98 Å². The van der Waals surface area contributed by atoms with E-state index in [4.69, 9.17) is 14.5 Å². The van der Waals surface area contributed by atoms with Crippen molar-refractivity contribution in [2.75, 3.05) is 6.61 Å². The average Bonchev–Trinajstić information content (AvgIpc) is 3.16. The zero-order valence-electron chi connectivity index (χ0n) is 12.0. The highest BCUT2D eigenvalue weighted by Gasteiger charge is 2.29. The Bertz CT molecular complexity index is 781. The molecule has 0 radical (unpaired) electrons. The molecule has 0 bridgehead atoms. The Morgan fingerprint density at radius 2 is 2.05 bits per heavy atom. The number of fused-ring (bicyclic) bond motifs is 3. The first-order chi connectivity index (χ1) is 10.4. The lowest BCUT2D eigenvalue weighted by Crippen LogP contribution is -2.12. The lowest BCUT2D eigenvalue weighted by Gasteiger charge is -2.15. The van der Waals surface area contributed by atoms with Crippen molar-refractivity contribution >= 4 is 16.6 Å². The number of rotatable bonds is 3. The molecule has 0 spiro atoms. The summed E-state index contributed by atoms with van der Waals surface area (Å²) in [6, 6.07) is 12.4. The number of hydrogen-bond donors (Lipinski definition) is 0. The quantitative estimate of drug-likeness (QED) is 0.735. The second-order valence-electron chi connectivity index (χ2n) is 5.34. The van der Waals surface area contributed by atoms with Crippen LogP contribution in [0.2, 0.25) is 0 Å². The summed E-state index contributed by atoms with van der Waals surface area (Å²) in [4.78, 5) is 4.85. The molecule has 0 unspecified atom stereocenters. The third-order valence-corrected chi connectivity index (χ3v) is 4.03. The Labute approximate surface area is 123 Å². The van der Waals surface area contributed by atoms with Crippen LogP contribution in [-0.4, -0.2) is 22.3 Å². The molecule has 2 atom stereocenters. The summed E-state index contributed by atoms with van der Waals surface area (Å²) in [6.45, 7) is 2.68. The molecule has 21 heavy (non-hydrogen) atoms. The van der Waals surface area contributed by atoms with Gasteiger partial charge in [-0.15, -0.1) is 0 Å². The molecule has 0 aliphatic carbocycles. The minimum absolute atomic E-state index is 0.0172. The third-order valence-electron chi connectivity index (χ3n) is 4.03. The van der Waals surface area contributed by atoms with Gasteiger partial charge in [-0.2, -0.15) is 0 Å². The standard InChI is InChI=1S/C17H18N2O2/c1-2-20-16-10-9-15(21-16)17-14-8-5-11-19(14)13-7-4-3-6-12(13)18-17/h3-8,11,15-16H,2,9-10H2,1H3/t15-,16-/m1/s1. The van der Waals surface area contributed by atoms with Crippen molar-refractivity contribution in [3.8, 4) is 0 Å². The molecule has 4 heteroatoms. The number of benzene rings is 1. The smallest absolute Gasteiger partial charge is 0.158 e. The molecule has 1 aliphatic heterocycles. The van der Waals surface area contributed by atoms with Gasteiger partial charge in [0.25, 0.3) is 0 Å². The summed E-state index contributed by atoms with van der Waals surface area (Å²) >= 11 is 0. The van der Waals surface area contributed by atoms with Crippen LogP contribution >= 0.6 is 0 Å². The molecule has 0 saturated carbocycles. The fourth-order valence-electron chi connectivity index (χ4n) is 3.10. The maximum absolute atomic E-state index is 6.02. The van der Waals surface area contributed by atoms with E-state index in [1.54, 1.807) is 0 Å². The first kappa shape index (κ1) is 12.8. The Hall–Kier alpha value is -1.91. The van der Waals surface area contributed by atoms with Gasteiger partial charge in [0.2, 0.25) is 0 Å². The molecule has 4 nitrogen and oxygen atoms in total. The number of ether oxygens (including phenoxy) is 2. The van der Waals surface area contributed by atoms with Crippen LogP contribution in [0.3, 0.4) is 0 Å². The van der Waals surface area contributed by atoms with Crippen LogP contribution in [0, 0.1) is 0 Å². The van der Waals surface area contributed by atoms with Crippen LogP contribution < -0.4 is 0 Å². The van der Waals surface area contributed by atoms with E-state index in [0.717, 1.165) is 35.1 Å². The van der Waals surface area contributed by atoms with E-state index in [9.17, 15) is 0 Å². The van der Waals surface area contributed by atoms with Crippen molar-refractivity contribution in [1.82, 2.24) is 9.38 Å². The maximum Gasteiger partial charge on any atom is 0.158 e. The Kier molecular flexibility index (Phi) is 3.13. The van der Waals surface area contributed by atoms with Crippen molar-refractivity contribution in [2.45, 2.75) is 32.2 Å². The maximum atomic E-state index is 6.02. The van der Waals surface area contributed by atoms with Gasteiger partial charge >= 0.3 is 0 Å². The van der Waals surface area contributed by atoms with E-state index in [1.807, 2.05) is 25.1 Å². The summed E-state index contributed by atoms with van der Waals surface area (Å²) in [5.74, 6) is 0. The first-order valence-corrected chi connectivity index (χ1v) is 7.49. The van der Waals surface area contributed by atoms with Crippen LogP contribution in [0.4, 0.5) is 0 Å². The van der Waals surface area contributed by atoms with Crippen molar-refractivity contribution in [3.05, 3.63) is 48.3 Å². The first-order valence-electron chi connectivity index (χ1n) is 7.49. The molecule has 4 rings (SSSR count). The minimum Gasteiger partial charge on any atom is -0.353 e. The van der Waals surface area contributed by atoms with Gasteiger partial charge < -0.3 is 13.9 Å². The second kappa shape index (κ2) is 5.13. The molecule has 0 N–H and O–H groups in total. The van der Waals surface area contributed by atoms with E-state index >= 15 is 0 Å². The Morgan fingerprint density at radius 3 is 2.95 bits per heavy atom. The SMILES string of the molecule is CCO[C@H]1CC[C@H](c2nc3ccccc3n3cccc23)O1. The van der Waals surface area contributed by atoms with Crippen LogP contribution in [0.25, 0.3) is 16.6 Å². The van der Waals surface area contributed by atoms with Crippen molar-refractivity contribution in [2.24, 2.45) is 0 Å².